The Morgan fingerprint density at radius 1 is 1.40 bits per heavy atom. The average molecular weight is 288 g/mol. The van der Waals surface area contributed by atoms with Gasteiger partial charge in [0.25, 0.3) is 5.56 Å². The standard InChI is InChI=1S/C14H16N4OS/c15-12-7-13(19)18-14(17-12)20-11-4-2-1-3-9(11)8-16-10-5-6-10/h1-4,7,10,16H,5-6,8H2,(H3,15,17,18,19). The first-order valence-electron chi connectivity index (χ1n) is 6.57. The summed E-state index contributed by atoms with van der Waals surface area (Å²) in [7, 11) is 0. The Labute approximate surface area is 121 Å². The van der Waals surface area contributed by atoms with Gasteiger partial charge in [-0.3, -0.25) is 4.79 Å². The van der Waals surface area contributed by atoms with Gasteiger partial charge in [-0.2, -0.15) is 0 Å². The Morgan fingerprint density at radius 3 is 2.95 bits per heavy atom. The van der Waals surface area contributed by atoms with Crippen molar-refractivity contribution in [3.05, 3.63) is 46.2 Å². The van der Waals surface area contributed by atoms with Crippen LogP contribution >= 0.6 is 11.8 Å². The van der Waals surface area contributed by atoms with Crippen LogP contribution < -0.4 is 16.6 Å². The molecule has 0 bridgehead atoms. The van der Waals surface area contributed by atoms with E-state index in [4.69, 9.17) is 5.73 Å². The normalized spacial score (nSPS) is 14.4. The van der Waals surface area contributed by atoms with E-state index in [1.165, 1.54) is 36.2 Å². The Hall–Kier alpha value is -1.79. The van der Waals surface area contributed by atoms with Gasteiger partial charge in [0.2, 0.25) is 0 Å². The maximum Gasteiger partial charge on any atom is 0.253 e. The van der Waals surface area contributed by atoms with E-state index in [2.05, 4.69) is 21.4 Å². The van der Waals surface area contributed by atoms with E-state index in [9.17, 15) is 4.79 Å². The zero-order chi connectivity index (χ0) is 13.9. The van der Waals surface area contributed by atoms with Crippen LogP contribution in [0.2, 0.25) is 0 Å². The lowest BCUT2D eigenvalue weighted by Crippen LogP contribution is -2.15. The van der Waals surface area contributed by atoms with Crippen molar-refractivity contribution in [2.45, 2.75) is 35.5 Å². The van der Waals surface area contributed by atoms with Crippen LogP contribution in [0.4, 0.5) is 5.82 Å². The molecule has 0 amide bonds. The molecule has 1 aliphatic rings. The van der Waals surface area contributed by atoms with Gasteiger partial charge >= 0.3 is 0 Å². The van der Waals surface area contributed by atoms with Crippen LogP contribution in [-0.4, -0.2) is 16.0 Å². The summed E-state index contributed by atoms with van der Waals surface area (Å²) in [6.07, 6.45) is 2.53. The van der Waals surface area contributed by atoms with Crippen LogP contribution in [0.1, 0.15) is 18.4 Å². The smallest absolute Gasteiger partial charge is 0.253 e. The number of benzene rings is 1. The minimum atomic E-state index is -0.228. The van der Waals surface area contributed by atoms with E-state index in [0.29, 0.717) is 11.2 Å². The molecule has 104 valence electrons. The molecule has 20 heavy (non-hydrogen) atoms. The molecule has 0 unspecified atom stereocenters. The van der Waals surface area contributed by atoms with Crippen LogP contribution in [0.5, 0.6) is 0 Å². The summed E-state index contributed by atoms with van der Waals surface area (Å²) in [5, 5.41) is 4.01. The van der Waals surface area contributed by atoms with Crippen LogP contribution in [0.3, 0.4) is 0 Å². The quantitative estimate of drug-likeness (QED) is 0.730. The van der Waals surface area contributed by atoms with E-state index in [1.807, 2.05) is 18.2 Å². The fraction of sp³-hybridized carbons (Fsp3) is 0.286. The van der Waals surface area contributed by atoms with Gasteiger partial charge in [-0.15, -0.1) is 0 Å². The van der Waals surface area contributed by atoms with Crippen LogP contribution in [-0.2, 0) is 6.54 Å². The number of aromatic nitrogens is 2. The predicted molar refractivity (Wildman–Crippen MR) is 79.7 cm³/mol. The molecule has 0 radical (unpaired) electrons. The first-order valence-corrected chi connectivity index (χ1v) is 7.38. The maximum atomic E-state index is 11.4. The monoisotopic (exact) mass is 288 g/mol. The van der Waals surface area contributed by atoms with Gasteiger partial charge in [0.1, 0.15) is 5.82 Å². The lowest BCUT2D eigenvalue weighted by molar-refractivity contribution is 0.680. The highest BCUT2D eigenvalue weighted by Gasteiger charge is 2.20. The molecule has 0 atom stereocenters. The summed E-state index contributed by atoms with van der Waals surface area (Å²) in [6, 6.07) is 10.1. The number of nitrogens with zero attached hydrogens (tertiary/aromatic N) is 1. The van der Waals surface area contributed by atoms with E-state index in [1.54, 1.807) is 0 Å². The van der Waals surface area contributed by atoms with Crippen LogP contribution in [0, 0.1) is 0 Å². The Morgan fingerprint density at radius 2 is 2.20 bits per heavy atom. The molecule has 0 saturated heterocycles. The molecule has 1 saturated carbocycles. The van der Waals surface area contributed by atoms with Crippen molar-refractivity contribution in [2.75, 3.05) is 5.73 Å². The molecule has 0 aliphatic heterocycles. The van der Waals surface area contributed by atoms with Crippen molar-refractivity contribution < 1.29 is 0 Å². The third-order valence-electron chi connectivity index (χ3n) is 3.08. The fourth-order valence-electron chi connectivity index (χ4n) is 1.90. The van der Waals surface area contributed by atoms with Gasteiger partial charge in [-0.1, -0.05) is 30.0 Å². The van der Waals surface area contributed by atoms with E-state index in [0.717, 1.165) is 11.4 Å². The molecule has 3 rings (SSSR count). The Bertz CT molecular complexity index is 666. The molecule has 2 aromatic rings. The molecule has 1 aromatic carbocycles. The molecule has 4 N–H and O–H groups in total. The third-order valence-corrected chi connectivity index (χ3v) is 4.08. The number of hydrogen-bond acceptors (Lipinski definition) is 5. The summed E-state index contributed by atoms with van der Waals surface area (Å²) in [6.45, 7) is 0.834. The maximum absolute atomic E-state index is 11.4. The summed E-state index contributed by atoms with van der Waals surface area (Å²) in [4.78, 5) is 19.3. The molecule has 1 heterocycles. The van der Waals surface area contributed by atoms with Gasteiger partial charge in [0.15, 0.2) is 5.16 Å². The minimum Gasteiger partial charge on any atom is -0.383 e. The fourth-order valence-corrected chi connectivity index (χ4v) is 2.83. The number of hydrogen-bond donors (Lipinski definition) is 3. The lowest BCUT2D eigenvalue weighted by Gasteiger charge is -2.09. The zero-order valence-corrected chi connectivity index (χ0v) is 11.7. The Kier molecular flexibility index (Phi) is 3.75. The van der Waals surface area contributed by atoms with Gasteiger partial charge in [0.05, 0.1) is 0 Å². The van der Waals surface area contributed by atoms with Crippen molar-refractivity contribution in [3.8, 4) is 0 Å². The van der Waals surface area contributed by atoms with Gasteiger partial charge < -0.3 is 16.0 Å². The van der Waals surface area contributed by atoms with Crippen molar-refractivity contribution >= 4 is 17.6 Å². The van der Waals surface area contributed by atoms with Gasteiger partial charge in [-0.25, -0.2) is 4.98 Å². The SMILES string of the molecule is Nc1cc(=O)[nH]c(Sc2ccccc2CNC2CC2)n1. The highest BCUT2D eigenvalue weighted by Crippen LogP contribution is 2.28. The second kappa shape index (κ2) is 5.68. The molecule has 5 nitrogen and oxygen atoms in total. The van der Waals surface area contributed by atoms with Crippen molar-refractivity contribution in [1.82, 2.24) is 15.3 Å². The van der Waals surface area contributed by atoms with Crippen LogP contribution in [0.15, 0.2) is 45.2 Å². The van der Waals surface area contributed by atoms with Gasteiger partial charge in [0, 0.05) is 23.5 Å². The topological polar surface area (TPSA) is 83.8 Å². The third kappa shape index (κ3) is 3.40. The number of nitrogen functional groups attached to an aromatic ring is 1. The van der Waals surface area contributed by atoms with Gasteiger partial charge in [-0.05, 0) is 24.5 Å². The number of nitrogens with one attached hydrogen (secondary N) is 2. The highest BCUT2D eigenvalue weighted by molar-refractivity contribution is 7.99. The molecule has 0 spiro atoms. The van der Waals surface area contributed by atoms with Crippen molar-refractivity contribution in [1.29, 1.82) is 0 Å². The number of rotatable bonds is 5. The van der Waals surface area contributed by atoms with E-state index < -0.39 is 0 Å². The first-order chi connectivity index (χ1) is 9.70. The molecule has 1 aliphatic carbocycles. The van der Waals surface area contributed by atoms with E-state index in [-0.39, 0.29) is 11.4 Å². The number of aromatic amines is 1. The minimum absolute atomic E-state index is 0.228. The molecular weight excluding hydrogens is 272 g/mol. The summed E-state index contributed by atoms with van der Waals surface area (Å²) < 4.78 is 0. The summed E-state index contributed by atoms with van der Waals surface area (Å²) in [5.74, 6) is 0.241. The Balaban J connectivity index is 1.79. The molecule has 1 fully saturated rings. The number of nitrogens with two attached hydrogens (primary N) is 1. The predicted octanol–water partition coefficient (Wildman–Crippen LogP) is 1.76. The largest absolute Gasteiger partial charge is 0.383 e. The molecular formula is C14H16N4OS. The summed E-state index contributed by atoms with van der Waals surface area (Å²) in [5.41, 5.74) is 6.58. The second-order valence-electron chi connectivity index (χ2n) is 4.84. The average Bonchev–Trinajstić information content (AvgIpc) is 3.20. The number of anilines is 1. The van der Waals surface area contributed by atoms with E-state index >= 15 is 0 Å². The second-order valence-corrected chi connectivity index (χ2v) is 5.87. The lowest BCUT2D eigenvalue weighted by atomic mass is 10.2. The molecule has 1 aromatic heterocycles. The van der Waals surface area contributed by atoms with Crippen LogP contribution in [0.25, 0.3) is 0 Å². The van der Waals surface area contributed by atoms with Crippen molar-refractivity contribution in [2.24, 2.45) is 0 Å². The first kappa shape index (κ1) is 13.2. The zero-order valence-electron chi connectivity index (χ0n) is 10.9. The highest BCUT2D eigenvalue weighted by atomic mass is 32.2. The van der Waals surface area contributed by atoms with Crippen molar-refractivity contribution in [3.63, 3.8) is 0 Å². The molecule has 6 heteroatoms. The number of H-pyrrole nitrogens is 1. The summed E-state index contributed by atoms with van der Waals surface area (Å²) >= 11 is 1.43.